The molecule has 0 spiro atoms. The first-order chi connectivity index (χ1) is 7.71. The molecule has 0 amide bonds. The van der Waals surface area contributed by atoms with Crippen molar-refractivity contribution < 1.29 is 10.2 Å². The molecule has 1 heterocycles. The minimum atomic E-state index is -0.634. The van der Waals surface area contributed by atoms with Crippen molar-refractivity contribution in [3.8, 4) is 0 Å². The van der Waals surface area contributed by atoms with Crippen molar-refractivity contribution in [2.24, 2.45) is 0 Å². The van der Waals surface area contributed by atoms with E-state index in [2.05, 4.69) is 15.4 Å². The Kier molecular flexibility index (Phi) is 4.85. The molecule has 0 bridgehead atoms. The van der Waals surface area contributed by atoms with Crippen LogP contribution >= 0.6 is 0 Å². The van der Waals surface area contributed by atoms with Crippen LogP contribution in [0.15, 0.2) is 6.33 Å². The smallest absolute Gasteiger partial charge is 0.140 e. The predicted octanol–water partition coefficient (Wildman–Crippen LogP) is -0.479. The first-order valence-corrected chi connectivity index (χ1v) is 5.54. The van der Waals surface area contributed by atoms with Crippen LogP contribution in [0.2, 0.25) is 0 Å². The third kappa shape index (κ3) is 2.78. The number of hydrogen-bond donors (Lipinski definition) is 3. The summed E-state index contributed by atoms with van der Waals surface area (Å²) in [4.78, 5) is 4.12. The monoisotopic (exact) mass is 228 g/mol. The van der Waals surface area contributed by atoms with Gasteiger partial charge in [-0.25, -0.2) is 9.67 Å². The minimum absolute atomic E-state index is 0.0970. The molecule has 0 saturated carbocycles. The van der Waals surface area contributed by atoms with Gasteiger partial charge in [-0.3, -0.25) is 0 Å². The zero-order valence-electron chi connectivity index (χ0n) is 9.85. The number of nitrogens with one attached hydrogen (secondary N) is 1. The van der Waals surface area contributed by atoms with Gasteiger partial charge in [0.1, 0.15) is 12.2 Å². The summed E-state index contributed by atoms with van der Waals surface area (Å²) in [5.41, 5.74) is -0.634. The van der Waals surface area contributed by atoms with E-state index in [0.717, 1.165) is 12.4 Å². The van der Waals surface area contributed by atoms with Crippen LogP contribution in [0.5, 0.6) is 0 Å². The molecule has 1 aromatic rings. The lowest BCUT2D eigenvalue weighted by molar-refractivity contribution is 0.0855. The average molecular weight is 228 g/mol. The largest absolute Gasteiger partial charge is 0.394 e. The van der Waals surface area contributed by atoms with Crippen molar-refractivity contribution in [2.75, 3.05) is 13.2 Å². The molecule has 0 saturated heterocycles. The molecule has 16 heavy (non-hydrogen) atoms. The zero-order valence-corrected chi connectivity index (χ0v) is 9.85. The molecule has 3 N–H and O–H groups in total. The van der Waals surface area contributed by atoms with Crippen LogP contribution in [0.1, 0.15) is 26.1 Å². The maximum absolute atomic E-state index is 9.27. The summed E-state index contributed by atoms with van der Waals surface area (Å²) in [7, 11) is 0. The van der Waals surface area contributed by atoms with E-state index >= 15 is 0 Å². The van der Waals surface area contributed by atoms with Gasteiger partial charge in [0.25, 0.3) is 0 Å². The van der Waals surface area contributed by atoms with E-state index in [4.69, 9.17) is 0 Å². The van der Waals surface area contributed by atoms with Gasteiger partial charge < -0.3 is 15.5 Å². The molecule has 0 unspecified atom stereocenters. The van der Waals surface area contributed by atoms with Crippen molar-refractivity contribution in [3.63, 3.8) is 0 Å². The van der Waals surface area contributed by atoms with Crippen LogP contribution in [0.3, 0.4) is 0 Å². The van der Waals surface area contributed by atoms with Gasteiger partial charge in [0.2, 0.25) is 0 Å². The predicted molar refractivity (Wildman–Crippen MR) is 59.7 cm³/mol. The molecule has 0 aliphatic heterocycles. The fourth-order valence-corrected chi connectivity index (χ4v) is 1.47. The molecule has 6 nitrogen and oxygen atoms in total. The number of aliphatic hydroxyl groups is 2. The Balaban J connectivity index is 2.62. The summed E-state index contributed by atoms with van der Waals surface area (Å²) < 4.78 is 1.78. The van der Waals surface area contributed by atoms with E-state index in [1.54, 1.807) is 4.68 Å². The Bertz CT molecular complexity index is 301. The fraction of sp³-hybridized carbons (Fsp3) is 0.800. The first-order valence-electron chi connectivity index (χ1n) is 5.54. The first kappa shape index (κ1) is 13.1. The summed E-state index contributed by atoms with van der Waals surface area (Å²) in [6.07, 6.45) is 2.16. The summed E-state index contributed by atoms with van der Waals surface area (Å²) in [5, 5.41) is 25.7. The van der Waals surface area contributed by atoms with Gasteiger partial charge in [-0.2, -0.15) is 5.10 Å². The molecule has 0 radical (unpaired) electrons. The maximum Gasteiger partial charge on any atom is 0.140 e. The summed E-state index contributed by atoms with van der Waals surface area (Å²) in [6, 6.07) is 0. The normalized spacial score (nSPS) is 12.0. The Morgan fingerprint density at radius 2 is 2.06 bits per heavy atom. The average Bonchev–Trinajstić information content (AvgIpc) is 2.79. The van der Waals surface area contributed by atoms with E-state index in [9.17, 15) is 10.2 Å². The number of hydrogen-bond acceptors (Lipinski definition) is 5. The van der Waals surface area contributed by atoms with Crippen LogP contribution in [0.25, 0.3) is 0 Å². The van der Waals surface area contributed by atoms with Gasteiger partial charge in [-0.15, -0.1) is 0 Å². The molecular formula is C10H20N4O2. The van der Waals surface area contributed by atoms with Gasteiger partial charge in [0.05, 0.1) is 25.3 Å². The third-order valence-corrected chi connectivity index (χ3v) is 2.90. The van der Waals surface area contributed by atoms with E-state index in [1.807, 2.05) is 13.8 Å². The molecule has 0 aliphatic rings. The van der Waals surface area contributed by atoms with Gasteiger partial charge in [-0.05, 0) is 13.3 Å². The molecule has 1 rings (SSSR count). The standard InChI is InChI=1S/C10H20N4O2/c1-3-10(6-15,7-16)12-5-9-11-8-13-14(9)4-2/h8,12,15-16H,3-7H2,1-2H3. The van der Waals surface area contributed by atoms with Crippen LogP contribution < -0.4 is 5.32 Å². The van der Waals surface area contributed by atoms with Crippen molar-refractivity contribution in [1.82, 2.24) is 20.1 Å². The Morgan fingerprint density at radius 1 is 1.38 bits per heavy atom. The second-order valence-corrected chi connectivity index (χ2v) is 3.80. The van der Waals surface area contributed by atoms with E-state index < -0.39 is 5.54 Å². The van der Waals surface area contributed by atoms with E-state index in [1.165, 1.54) is 6.33 Å². The van der Waals surface area contributed by atoms with Crippen molar-refractivity contribution in [1.29, 1.82) is 0 Å². The summed E-state index contributed by atoms with van der Waals surface area (Å²) in [5.74, 6) is 0.808. The molecular weight excluding hydrogens is 208 g/mol. The maximum atomic E-state index is 9.27. The highest BCUT2D eigenvalue weighted by Gasteiger charge is 2.26. The van der Waals surface area contributed by atoms with Crippen LogP contribution in [0.4, 0.5) is 0 Å². The molecule has 0 atom stereocenters. The molecule has 0 aromatic carbocycles. The number of aryl methyl sites for hydroxylation is 1. The summed E-state index contributed by atoms with van der Waals surface area (Å²) in [6.45, 7) is 4.96. The number of aromatic nitrogens is 3. The SMILES string of the molecule is CCn1ncnc1CNC(CC)(CO)CO. The van der Waals surface area contributed by atoms with E-state index in [0.29, 0.717) is 13.0 Å². The molecule has 6 heteroatoms. The third-order valence-electron chi connectivity index (χ3n) is 2.90. The molecule has 92 valence electrons. The van der Waals surface area contributed by atoms with Crippen molar-refractivity contribution >= 4 is 0 Å². The Morgan fingerprint density at radius 3 is 2.56 bits per heavy atom. The lowest BCUT2D eigenvalue weighted by atomic mass is 9.98. The molecule has 0 aliphatic carbocycles. The van der Waals surface area contributed by atoms with Crippen molar-refractivity contribution in [3.05, 3.63) is 12.2 Å². The quantitative estimate of drug-likeness (QED) is 0.587. The Hall–Kier alpha value is -0.980. The minimum Gasteiger partial charge on any atom is -0.394 e. The van der Waals surface area contributed by atoms with Crippen LogP contribution in [-0.4, -0.2) is 43.7 Å². The van der Waals surface area contributed by atoms with Crippen molar-refractivity contribution in [2.45, 2.75) is 38.9 Å². The van der Waals surface area contributed by atoms with Gasteiger partial charge >= 0.3 is 0 Å². The Labute approximate surface area is 95.3 Å². The van der Waals surface area contributed by atoms with Gasteiger partial charge in [0, 0.05) is 6.54 Å². The second kappa shape index (κ2) is 5.93. The highest BCUT2D eigenvalue weighted by molar-refractivity contribution is 4.91. The number of aliphatic hydroxyl groups excluding tert-OH is 2. The highest BCUT2D eigenvalue weighted by atomic mass is 16.3. The fourth-order valence-electron chi connectivity index (χ4n) is 1.47. The molecule has 1 aromatic heterocycles. The number of rotatable bonds is 7. The highest BCUT2D eigenvalue weighted by Crippen LogP contribution is 2.09. The second-order valence-electron chi connectivity index (χ2n) is 3.80. The molecule has 0 fully saturated rings. The topological polar surface area (TPSA) is 83.2 Å². The van der Waals surface area contributed by atoms with Gasteiger partial charge in [-0.1, -0.05) is 6.92 Å². The zero-order chi connectivity index (χ0) is 12.0. The summed E-state index contributed by atoms with van der Waals surface area (Å²) >= 11 is 0. The lowest BCUT2D eigenvalue weighted by Gasteiger charge is -2.29. The number of nitrogens with zero attached hydrogens (tertiary/aromatic N) is 3. The van der Waals surface area contributed by atoms with Crippen LogP contribution in [0, 0.1) is 0 Å². The van der Waals surface area contributed by atoms with E-state index in [-0.39, 0.29) is 13.2 Å². The van der Waals surface area contributed by atoms with Crippen LogP contribution in [-0.2, 0) is 13.1 Å². The lowest BCUT2D eigenvalue weighted by Crippen LogP contribution is -2.51. The van der Waals surface area contributed by atoms with Gasteiger partial charge in [0.15, 0.2) is 0 Å².